The summed E-state index contributed by atoms with van der Waals surface area (Å²) in [4.78, 5) is 0. The molecule has 0 aromatic carbocycles. The normalized spacial score (nSPS) is 35.4. The number of fused-ring (bicyclic) bond motifs is 1. The Kier molecular flexibility index (Phi) is 3.73. The van der Waals surface area contributed by atoms with Crippen LogP contribution in [0.15, 0.2) is 23.3 Å². The molecule has 2 N–H and O–H groups in total. The van der Waals surface area contributed by atoms with Gasteiger partial charge in [-0.1, -0.05) is 45.4 Å². The molecular weight excluding hydrogens is 218 g/mol. The minimum Gasteiger partial charge on any atom is -0.330 e. The predicted molar refractivity (Wildman–Crippen MR) is 79.2 cm³/mol. The monoisotopic (exact) mass is 247 g/mol. The molecule has 2 unspecified atom stereocenters. The summed E-state index contributed by atoms with van der Waals surface area (Å²) in [5.41, 5.74) is 9.17. The van der Waals surface area contributed by atoms with Crippen molar-refractivity contribution in [3.63, 3.8) is 0 Å². The maximum atomic E-state index is 5.68. The first-order valence-corrected chi connectivity index (χ1v) is 7.49. The maximum absolute atomic E-state index is 5.68. The van der Waals surface area contributed by atoms with E-state index in [-0.39, 0.29) is 5.41 Å². The van der Waals surface area contributed by atoms with E-state index < -0.39 is 0 Å². The molecule has 0 aromatic rings. The van der Waals surface area contributed by atoms with Crippen molar-refractivity contribution in [3.05, 3.63) is 23.3 Å². The lowest BCUT2D eigenvalue weighted by atomic mass is 9.56. The second-order valence-corrected chi connectivity index (χ2v) is 7.05. The van der Waals surface area contributed by atoms with Gasteiger partial charge in [0.05, 0.1) is 0 Å². The van der Waals surface area contributed by atoms with Crippen molar-refractivity contribution in [1.29, 1.82) is 0 Å². The van der Waals surface area contributed by atoms with Crippen molar-refractivity contribution in [1.82, 2.24) is 0 Å². The Balaban J connectivity index is 2.29. The van der Waals surface area contributed by atoms with Gasteiger partial charge in [0.25, 0.3) is 0 Å². The maximum Gasteiger partial charge on any atom is -0.00770 e. The second kappa shape index (κ2) is 4.85. The van der Waals surface area contributed by atoms with Crippen LogP contribution in [0.2, 0.25) is 0 Å². The summed E-state index contributed by atoms with van der Waals surface area (Å²) >= 11 is 0. The van der Waals surface area contributed by atoms with Gasteiger partial charge in [-0.15, -0.1) is 0 Å². The number of allylic oxidation sites excluding steroid dienone is 4. The van der Waals surface area contributed by atoms with Gasteiger partial charge in [0, 0.05) is 0 Å². The third-order valence-electron chi connectivity index (χ3n) is 5.49. The van der Waals surface area contributed by atoms with Crippen molar-refractivity contribution in [2.45, 2.75) is 47.5 Å². The average Bonchev–Trinajstić information content (AvgIpc) is 2.53. The van der Waals surface area contributed by atoms with Crippen LogP contribution in [-0.2, 0) is 0 Å². The van der Waals surface area contributed by atoms with Gasteiger partial charge in [-0.05, 0) is 61.0 Å². The van der Waals surface area contributed by atoms with E-state index in [4.69, 9.17) is 5.73 Å². The molecule has 1 fully saturated rings. The molecule has 102 valence electrons. The summed E-state index contributed by atoms with van der Waals surface area (Å²) in [6, 6.07) is 0. The molecule has 0 radical (unpaired) electrons. The van der Waals surface area contributed by atoms with E-state index in [9.17, 15) is 0 Å². The fraction of sp³-hybridized carbons (Fsp3) is 0.765. The van der Waals surface area contributed by atoms with Crippen LogP contribution in [0.4, 0.5) is 0 Å². The summed E-state index contributed by atoms with van der Waals surface area (Å²) in [6.07, 6.45) is 7.22. The minimum atomic E-state index is 0.275. The minimum absolute atomic E-state index is 0.275. The smallest absolute Gasteiger partial charge is 0.00770 e. The van der Waals surface area contributed by atoms with Crippen molar-refractivity contribution in [2.24, 2.45) is 34.8 Å². The van der Waals surface area contributed by atoms with E-state index >= 15 is 0 Å². The highest BCUT2D eigenvalue weighted by atomic mass is 14.5. The molecular formula is C17H29N. The molecule has 3 rings (SSSR count). The quantitative estimate of drug-likeness (QED) is 0.793. The fourth-order valence-corrected chi connectivity index (χ4v) is 4.39. The molecule has 3 aliphatic rings. The van der Waals surface area contributed by atoms with Gasteiger partial charge in [-0.3, -0.25) is 0 Å². The molecule has 0 spiro atoms. The number of hydrogen-bond acceptors (Lipinski definition) is 1. The topological polar surface area (TPSA) is 26.0 Å². The Morgan fingerprint density at radius 2 is 1.83 bits per heavy atom. The lowest BCUT2D eigenvalue weighted by Gasteiger charge is -2.48. The molecule has 0 aromatic heterocycles. The van der Waals surface area contributed by atoms with E-state index in [1.165, 1.54) is 6.42 Å². The van der Waals surface area contributed by atoms with Crippen LogP contribution >= 0.6 is 0 Å². The third kappa shape index (κ3) is 2.07. The van der Waals surface area contributed by atoms with Crippen LogP contribution in [0.3, 0.4) is 0 Å². The van der Waals surface area contributed by atoms with Gasteiger partial charge in [0.2, 0.25) is 0 Å². The zero-order chi connectivity index (χ0) is 13.5. The van der Waals surface area contributed by atoms with E-state index in [1.807, 2.05) is 0 Å². The Morgan fingerprint density at radius 3 is 2.39 bits per heavy atom. The van der Waals surface area contributed by atoms with E-state index in [1.54, 1.807) is 11.1 Å². The number of hydrogen-bond donors (Lipinski definition) is 1. The Bertz CT molecular complexity index is 365. The lowest BCUT2D eigenvalue weighted by molar-refractivity contribution is 0.0671. The van der Waals surface area contributed by atoms with Gasteiger partial charge in [0.1, 0.15) is 0 Å². The van der Waals surface area contributed by atoms with Gasteiger partial charge >= 0.3 is 0 Å². The molecule has 1 nitrogen and oxygen atoms in total. The van der Waals surface area contributed by atoms with Crippen molar-refractivity contribution < 1.29 is 0 Å². The van der Waals surface area contributed by atoms with Gasteiger partial charge < -0.3 is 5.73 Å². The molecule has 0 amide bonds. The van der Waals surface area contributed by atoms with Gasteiger partial charge in [0.15, 0.2) is 0 Å². The first kappa shape index (κ1) is 13.9. The summed E-state index contributed by atoms with van der Waals surface area (Å²) in [5, 5.41) is 0. The highest BCUT2D eigenvalue weighted by molar-refractivity contribution is 5.38. The Hall–Kier alpha value is -0.560. The highest BCUT2D eigenvalue weighted by Crippen LogP contribution is 2.54. The standard InChI is InChI=1S/C17H29N/c1-11-14-7-8-15(13(3)16(11)12(14)2)17(4,5)9-6-10-18/h7-8,11-12,14,16H,6,9-10,18H2,1-5H3. The van der Waals surface area contributed by atoms with Gasteiger partial charge in [-0.25, -0.2) is 0 Å². The van der Waals surface area contributed by atoms with Crippen LogP contribution in [0.5, 0.6) is 0 Å². The molecule has 18 heavy (non-hydrogen) atoms. The third-order valence-corrected chi connectivity index (χ3v) is 5.49. The molecule has 3 aliphatic carbocycles. The van der Waals surface area contributed by atoms with E-state index in [2.05, 4.69) is 46.8 Å². The molecule has 1 saturated carbocycles. The van der Waals surface area contributed by atoms with Crippen LogP contribution in [0, 0.1) is 29.1 Å². The molecule has 0 saturated heterocycles. The average molecular weight is 247 g/mol. The highest BCUT2D eigenvalue weighted by Gasteiger charge is 2.46. The SMILES string of the molecule is CC1=C(C(C)(C)CCCN)C=CC2C(C)C1C2C. The van der Waals surface area contributed by atoms with Crippen molar-refractivity contribution in [2.75, 3.05) is 6.54 Å². The fourth-order valence-electron chi connectivity index (χ4n) is 4.39. The van der Waals surface area contributed by atoms with Crippen molar-refractivity contribution in [3.8, 4) is 0 Å². The second-order valence-electron chi connectivity index (χ2n) is 7.05. The zero-order valence-electron chi connectivity index (χ0n) is 12.7. The van der Waals surface area contributed by atoms with Crippen LogP contribution in [0.25, 0.3) is 0 Å². The lowest BCUT2D eigenvalue weighted by Crippen LogP contribution is -2.42. The first-order valence-electron chi connectivity index (χ1n) is 7.49. The number of rotatable bonds is 4. The molecule has 1 heteroatoms. The van der Waals surface area contributed by atoms with Crippen LogP contribution in [0.1, 0.15) is 47.5 Å². The Labute approximate surface area is 113 Å². The van der Waals surface area contributed by atoms with Crippen LogP contribution < -0.4 is 5.73 Å². The summed E-state index contributed by atoms with van der Waals surface area (Å²) in [6.45, 7) is 12.8. The summed E-state index contributed by atoms with van der Waals surface area (Å²) in [7, 11) is 0. The molecule has 2 bridgehead atoms. The molecule has 0 heterocycles. The summed E-state index contributed by atoms with van der Waals surface area (Å²) < 4.78 is 0. The molecule has 0 aliphatic heterocycles. The van der Waals surface area contributed by atoms with Gasteiger partial charge in [-0.2, -0.15) is 0 Å². The summed E-state index contributed by atoms with van der Waals surface area (Å²) in [5.74, 6) is 3.27. The largest absolute Gasteiger partial charge is 0.330 e. The van der Waals surface area contributed by atoms with E-state index in [0.29, 0.717) is 0 Å². The first-order chi connectivity index (χ1) is 8.40. The van der Waals surface area contributed by atoms with Crippen LogP contribution in [-0.4, -0.2) is 6.54 Å². The van der Waals surface area contributed by atoms with E-state index in [0.717, 1.165) is 36.6 Å². The van der Waals surface area contributed by atoms with Crippen molar-refractivity contribution >= 4 is 0 Å². The Morgan fingerprint density at radius 1 is 1.22 bits per heavy atom. The zero-order valence-corrected chi connectivity index (χ0v) is 12.7. The number of nitrogens with two attached hydrogens (primary N) is 1. The predicted octanol–water partition coefficient (Wildman–Crippen LogP) is 4.16. The molecule has 2 atom stereocenters.